The lowest BCUT2D eigenvalue weighted by Crippen LogP contribution is -2.27. The van der Waals surface area contributed by atoms with E-state index in [4.69, 9.17) is 4.74 Å². The monoisotopic (exact) mass is 351 g/mol. The minimum atomic E-state index is -0.575. The fourth-order valence-corrected chi connectivity index (χ4v) is 2.21. The molecule has 1 amide bonds. The van der Waals surface area contributed by atoms with Crippen molar-refractivity contribution < 1.29 is 13.9 Å². The number of hydrogen-bond acceptors (Lipinski definition) is 2. The van der Waals surface area contributed by atoms with Crippen LogP contribution >= 0.6 is 15.9 Å². The molecule has 5 heteroatoms. The van der Waals surface area contributed by atoms with Crippen LogP contribution in [0, 0.1) is 5.82 Å². The van der Waals surface area contributed by atoms with Crippen molar-refractivity contribution >= 4 is 22.0 Å². The standard InChI is InChI=1S/C16H15BrFNO2/c1-11(14-8-7-13(17)9-15(14)18)19-16(20)21-10-12-5-3-2-4-6-12/h2-9,11H,10H2,1H3,(H,19,20). The first-order valence-corrected chi connectivity index (χ1v) is 7.27. The molecule has 0 spiro atoms. The van der Waals surface area contributed by atoms with Crippen molar-refractivity contribution in [2.45, 2.75) is 19.6 Å². The van der Waals surface area contributed by atoms with E-state index in [2.05, 4.69) is 21.2 Å². The Labute approximate surface area is 131 Å². The van der Waals surface area contributed by atoms with E-state index < -0.39 is 12.1 Å². The average molecular weight is 352 g/mol. The van der Waals surface area contributed by atoms with Gasteiger partial charge in [-0.1, -0.05) is 52.3 Å². The molecule has 0 heterocycles. The number of alkyl carbamates (subject to hydrolysis) is 1. The van der Waals surface area contributed by atoms with Gasteiger partial charge in [0.05, 0.1) is 6.04 Å². The number of amides is 1. The lowest BCUT2D eigenvalue weighted by molar-refractivity contribution is 0.136. The summed E-state index contributed by atoms with van der Waals surface area (Å²) in [6, 6.07) is 13.6. The molecule has 0 fully saturated rings. The summed E-state index contributed by atoms with van der Waals surface area (Å²) in [4.78, 5) is 11.7. The van der Waals surface area contributed by atoms with Crippen molar-refractivity contribution in [3.05, 3.63) is 69.9 Å². The van der Waals surface area contributed by atoms with Crippen molar-refractivity contribution in [3.8, 4) is 0 Å². The molecule has 0 saturated heterocycles. The Morgan fingerprint density at radius 3 is 2.67 bits per heavy atom. The summed E-state index contributed by atoms with van der Waals surface area (Å²) >= 11 is 3.19. The van der Waals surface area contributed by atoms with Crippen LogP contribution in [0.5, 0.6) is 0 Å². The minimum absolute atomic E-state index is 0.183. The van der Waals surface area contributed by atoms with Gasteiger partial charge in [-0.25, -0.2) is 9.18 Å². The molecular formula is C16H15BrFNO2. The maximum Gasteiger partial charge on any atom is 0.407 e. The van der Waals surface area contributed by atoms with Crippen molar-refractivity contribution in [1.29, 1.82) is 0 Å². The summed E-state index contributed by atoms with van der Waals surface area (Å²) in [7, 11) is 0. The molecule has 1 atom stereocenters. The highest BCUT2D eigenvalue weighted by Gasteiger charge is 2.14. The summed E-state index contributed by atoms with van der Waals surface area (Å²) in [5.41, 5.74) is 1.31. The Bertz CT molecular complexity index is 619. The zero-order chi connectivity index (χ0) is 15.2. The summed E-state index contributed by atoms with van der Waals surface area (Å²) in [5.74, 6) is -0.375. The predicted molar refractivity (Wildman–Crippen MR) is 82.3 cm³/mol. The summed E-state index contributed by atoms with van der Waals surface area (Å²) < 4.78 is 19.5. The predicted octanol–water partition coefficient (Wildman–Crippen LogP) is 4.58. The molecule has 2 aromatic rings. The molecular weight excluding hydrogens is 337 g/mol. The Balaban J connectivity index is 1.90. The zero-order valence-corrected chi connectivity index (χ0v) is 13.1. The van der Waals surface area contributed by atoms with Crippen LogP contribution in [0.1, 0.15) is 24.1 Å². The van der Waals surface area contributed by atoms with Crippen LogP contribution in [0.15, 0.2) is 53.0 Å². The number of benzene rings is 2. The first-order chi connectivity index (χ1) is 10.1. The van der Waals surface area contributed by atoms with Gasteiger partial charge in [-0.15, -0.1) is 0 Å². The first kappa shape index (κ1) is 15.5. The third-order valence-electron chi connectivity index (χ3n) is 2.98. The van der Waals surface area contributed by atoms with E-state index in [9.17, 15) is 9.18 Å². The molecule has 1 unspecified atom stereocenters. The van der Waals surface area contributed by atoms with E-state index in [0.717, 1.165) is 5.56 Å². The van der Waals surface area contributed by atoms with Crippen LogP contribution < -0.4 is 5.32 Å². The van der Waals surface area contributed by atoms with Crippen LogP contribution in [0.4, 0.5) is 9.18 Å². The van der Waals surface area contributed by atoms with Crippen molar-refractivity contribution in [2.24, 2.45) is 0 Å². The van der Waals surface area contributed by atoms with Gasteiger partial charge in [-0.2, -0.15) is 0 Å². The van der Waals surface area contributed by atoms with Crippen LogP contribution in [0.3, 0.4) is 0 Å². The van der Waals surface area contributed by atoms with Gasteiger partial charge < -0.3 is 10.1 Å². The van der Waals surface area contributed by atoms with Gasteiger partial charge >= 0.3 is 6.09 Å². The van der Waals surface area contributed by atoms with Crippen molar-refractivity contribution in [3.63, 3.8) is 0 Å². The van der Waals surface area contributed by atoms with Crippen LogP contribution in [-0.2, 0) is 11.3 Å². The summed E-state index contributed by atoms with van der Waals surface area (Å²) in [5, 5.41) is 2.61. The zero-order valence-electron chi connectivity index (χ0n) is 11.5. The SMILES string of the molecule is CC(NC(=O)OCc1ccccc1)c1ccc(Br)cc1F. The maximum atomic E-state index is 13.8. The van der Waals surface area contributed by atoms with Gasteiger partial charge in [-0.3, -0.25) is 0 Å². The number of ether oxygens (including phenoxy) is 1. The second-order valence-corrected chi connectivity index (χ2v) is 5.51. The van der Waals surface area contributed by atoms with Gasteiger partial charge in [0.2, 0.25) is 0 Å². The molecule has 0 aromatic heterocycles. The highest BCUT2D eigenvalue weighted by atomic mass is 79.9. The van der Waals surface area contributed by atoms with E-state index in [-0.39, 0.29) is 12.4 Å². The van der Waals surface area contributed by atoms with E-state index in [1.165, 1.54) is 6.07 Å². The second kappa shape index (κ2) is 7.22. The number of hydrogen-bond donors (Lipinski definition) is 1. The van der Waals surface area contributed by atoms with E-state index in [1.54, 1.807) is 19.1 Å². The molecule has 2 aromatic carbocycles. The molecule has 0 bridgehead atoms. The number of nitrogens with one attached hydrogen (secondary N) is 1. The third kappa shape index (κ3) is 4.56. The molecule has 0 aliphatic rings. The van der Waals surface area contributed by atoms with Crippen LogP contribution in [0.25, 0.3) is 0 Å². The Morgan fingerprint density at radius 1 is 1.29 bits per heavy atom. The third-order valence-corrected chi connectivity index (χ3v) is 3.47. The highest BCUT2D eigenvalue weighted by Crippen LogP contribution is 2.20. The molecule has 0 aliphatic carbocycles. The van der Waals surface area contributed by atoms with E-state index in [0.29, 0.717) is 10.0 Å². The van der Waals surface area contributed by atoms with E-state index >= 15 is 0 Å². The fraction of sp³-hybridized carbons (Fsp3) is 0.188. The average Bonchev–Trinajstić information content (AvgIpc) is 2.46. The molecule has 1 N–H and O–H groups in total. The molecule has 0 radical (unpaired) electrons. The van der Waals surface area contributed by atoms with Crippen molar-refractivity contribution in [2.75, 3.05) is 0 Å². The highest BCUT2D eigenvalue weighted by molar-refractivity contribution is 9.10. The largest absolute Gasteiger partial charge is 0.445 e. The number of carbonyl (C=O) groups is 1. The molecule has 2 rings (SSSR count). The first-order valence-electron chi connectivity index (χ1n) is 6.48. The molecule has 3 nitrogen and oxygen atoms in total. The maximum absolute atomic E-state index is 13.8. The van der Waals surface area contributed by atoms with Gasteiger partial charge in [0.25, 0.3) is 0 Å². The molecule has 0 saturated carbocycles. The fourth-order valence-electron chi connectivity index (χ4n) is 1.87. The lowest BCUT2D eigenvalue weighted by atomic mass is 10.1. The van der Waals surface area contributed by atoms with Gasteiger partial charge in [0.1, 0.15) is 12.4 Å². The Hall–Kier alpha value is -1.88. The second-order valence-electron chi connectivity index (χ2n) is 4.59. The summed E-state index contributed by atoms with van der Waals surface area (Å²) in [6.07, 6.45) is -0.575. The quantitative estimate of drug-likeness (QED) is 0.875. The van der Waals surface area contributed by atoms with E-state index in [1.807, 2.05) is 30.3 Å². The molecule has 110 valence electrons. The molecule has 21 heavy (non-hydrogen) atoms. The Morgan fingerprint density at radius 2 is 2.00 bits per heavy atom. The van der Waals surface area contributed by atoms with Crippen LogP contribution in [-0.4, -0.2) is 6.09 Å². The normalized spacial score (nSPS) is 11.8. The van der Waals surface area contributed by atoms with Gasteiger partial charge in [-0.05, 0) is 24.6 Å². The van der Waals surface area contributed by atoms with Crippen molar-refractivity contribution in [1.82, 2.24) is 5.32 Å². The van der Waals surface area contributed by atoms with Crippen LogP contribution in [0.2, 0.25) is 0 Å². The Kier molecular flexibility index (Phi) is 5.33. The topological polar surface area (TPSA) is 38.3 Å². The lowest BCUT2D eigenvalue weighted by Gasteiger charge is -2.15. The van der Waals surface area contributed by atoms with Gasteiger partial charge in [0.15, 0.2) is 0 Å². The number of halogens is 2. The number of carbonyl (C=O) groups excluding carboxylic acids is 1. The number of rotatable bonds is 4. The summed E-state index contributed by atoms with van der Waals surface area (Å²) in [6.45, 7) is 1.89. The minimum Gasteiger partial charge on any atom is -0.445 e. The smallest absolute Gasteiger partial charge is 0.407 e. The molecule has 0 aliphatic heterocycles. The van der Waals surface area contributed by atoms with Gasteiger partial charge in [0, 0.05) is 10.0 Å².